The third kappa shape index (κ3) is 3.56. The van der Waals surface area contributed by atoms with E-state index >= 15 is 0 Å². The summed E-state index contributed by atoms with van der Waals surface area (Å²) in [7, 11) is 0. The number of rotatable bonds is 5. The molecule has 0 aromatic heterocycles. The van der Waals surface area contributed by atoms with Gasteiger partial charge in [0.2, 0.25) is 0 Å². The van der Waals surface area contributed by atoms with Crippen LogP contribution in [0.5, 0.6) is 0 Å². The van der Waals surface area contributed by atoms with Crippen molar-refractivity contribution in [2.45, 2.75) is 112 Å². The van der Waals surface area contributed by atoms with Gasteiger partial charge < -0.3 is 5.11 Å². The van der Waals surface area contributed by atoms with Gasteiger partial charge in [-0.15, -0.1) is 0 Å². The summed E-state index contributed by atoms with van der Waals surface area (Å²) in [6, 6.07) is 0. The van der Waals surface area contributed by atoms with E-state index < -0.39 is 0 Å². The monoisotopic (exact) mass is 400 g/mol. The van der Waals surface area contributed by atoms with Crippen molar-refractivity contribution in [2.75, 3.05) is 0 Å². The molecule has 0 spiro atoms. The zero-order valence-electron chi connectivity index (χ0n) is 20.2. The van der Waals surface area contributed by atoms with Crippen molar-refractivity contribution in [1.29, 1.82) is 0 Å². The minimum Gasteiger partial charge on any atom is -0.393 e. The largest absolute Gasteiger partial charge is 0.393 e. The average Bonchev–Trinajstić information content (AvgIpc) is 3.02. The normalized spacial score (nSPS) is 47.9. The number of aliphatic hydroxyl groups excluding tert-OH is 1. The molecule has 166 valence electrons. The Bertz CT molecular complexity index is 620. The predicted molar refractivity (Wildman–Crippen MR) is 124 cm³/mol. The summed E-state index contributed by atoms with van der Waals surface area (Å²) in [5, 5.41) is 10.5. The van der Waals surface area contributed by atoms with Gasteiger partial charge in [-0.05, 0) is 91.3 Å². The van der Waals surface area contributed by atoms with Crippen LogP contribution in [0.25, 0.3) is 0 Å². The number of hydrogen-bond acceptors (Lipinski definition) is 1. The Morgan fingerprint density at radius 2 is 1.76 bits per heavy atom. The lowest BCUT2D eigenvalue weighted by atomic mass is 9.46. The predicted octanol–water partition coefficient (Wildman–Crippen LogP) is 7.63. The standard InChI is InChI=1S/C28H48O/c1-18(2)8-7-9-19(3)22-12-13-24-21-10-11-23-20(4)26(29)15-17-28(23,6)25(21)14-16-27(22,24)5/h11,18-22,24-26,29H,7-10,12-17H2,1-6H3/t19?,20-,21-,22+,24-,25-,26-,27+,28-/m0/s1. The Kier molecular flexibility index (Phi) is 6.04. The van der Waals surface area contributed by atoms with E-state index in [1.807, 2.05) is 0 Å². The van der Waals surface area contributed by atoms with Crippen LogP contribution in [0.2, 0.25) is 0 Å². The van der Waals surface area contributed by atoms with Gasteiger partial charge in [0.1, 0.15) is 0 Å². The SMILES string of the molecule is CC(C)CCCC(C)[C@H]1CC[C@H]2[C@@H]3CC=C4[C@H](C)[C@@H](O)CC[C@]4(C)[C@H]3CC[C@]12C. The van der Waals surface area contributed by atoms with E-state index in [4.69, 9.17) is 0 Å². The minimum atomic E-state index is -0.109. The van der Waals surface area contributed by atoms with Crippen LogP contribution in [-0.4, -0.2) is 11.2 Å². The smallest absolute Gasteiger partial charge is 0.0603 e. The minimum absolute atomic E-state index is 0.109. The van der Waals surface area contributed by atoms with Gasteiger partial charge in [-0.2, -0.15) is 0 Å². The van der Waals surface area contributed by atoms with Crippen LogP contribution < -0.4 is 0 Å². The first-order chi connectivity index (χ1) is 13.7. The number of aliphatic hydroxyl groups is 1. The van der Waals surface area contributed by atoms with E-state index in [0.29, 0.717) is 16.7 Å². The van der Waals surface area contributed by atoms with Crippen LogP contribution in [0.4, 0.5) is 0 Å². The first-order valence-corrected chi connectivity index (χ1v) is 13.1. The lowest BCUT2D eigenvalue weighted by molar-refractivity contribution is -0.0644. The van der Waals surface area contributed by atoms with E-state index in [9.17, 15) is 5.11 Å². The highest BCUT2D eigenvalue weighted by Crippen LogP contribution is 2.67. The van der Waals surface area contributed by atoms with Crippen LogP contribution in [-0.2, 0) is 0 Å². The number of allylic oxidation sites excluding steroid dienone is 1. The van der Waals surface area contributed by atoms with Crippen molar-refractivity contribution in [3.05, 3.63) is 11.6 Å². The molecule has 4 rings (SSSR count). The summed E-state index contributed by atoms with van der Waals surface area (Å²) >= 11 is 0. The van der Waals surface area contributed by atoms with Crippen LogP contribution in [0.15, 0.2) is 11.6 Å². The van der Waals surface area contributed by atoms with Gasteiger partial charge in [-0.3, -0.25) is 0 Å². The maximum atomic E-state index is 10.5. The molecule has 0 saturated heterocycles. The molecule has 1 N–H and O–H groups in total. The van der Waals surface area contributed by atoms with Gasteiger partial charge in [-0.1, -0.05) is 72.5 Å². The Hall–Kier alpha value is -0.300. The lowest BCUT2D eigenvalue weighted by Crippen LogP contribution is -2.52. The van der Waals surface area contributed by atoms with Crippen molar-refractivity contribution in [2.24, 2.45) is 52.3 Å². The maximum Gasteiger partial charge on any atom is 0.0603 e. The molecule has 4 aliphatic carbocycles. The van der Waals surface area contributed by atoms with E-state index in [-0.39, 0.29) is 6.10 Å². The fourth-order valence-corrected chi connectivity index (χ4v) is 9.08. The van der Waals surface area contributed by atoms with Gasteiger partial charge in [0.05, 0.1) is 6.10 Å². The molecule has 29 heavy (non-hydrogen) atoms. The quantitative estimate of drug-likeness (QED) is 0.470. The molecule has 3 fully saturated rings. The van der Waals surface area contributed by atoms with Crippen molar-refractivity contribution in [3.8, 4) is 0 Å². The molecule has 1 nitrogen and oxygen atoms in total. The molecular formula is C28H48O. The van der Waals surface area contributed by atoms with E-state index in [2.05, 4.69) is 47.6 Å². The second kappa shape index (κ2) is 7.99. The van der Waals surface area contributed by atoms with Crippen LogP contribution in [0.1, 0.15) is 106 Å². The molecule has 1 heteroatoms. The van der Waals surface area contributed by atoms with Crippen molar-refractivity contribution < 1.29 is 5.11 Å². The molecule has 3 saturated carbocycles. The second-order valence-electron chi connectivity index (χ2n) is 12.6. The zero-order valence-corrected chi connectivity index (χ0v) is 20.2. The molecule has 0 aromatic carbocycles. The van der Waals surface area contributed by atoms with Crippen molar-refractivity contribution in [1.82, 2.24) is 0 Å². The highest BCUT2D eigenvalue weighted by molar-refractivity contribution is 5.27. The van der Waals surface area contributed by atoms with Gasteiger partial charge >= 0.3 is 0 Å². The Morgan fingerprint density at radius 3 is 2.48 bits per heavy atom. The molecule has 0 radical (unpaired) electrons. The third-order valence-corrected chi connectivity index (χ3v) is 10.8. The van der Waals surface area contributed by atoms with E-state index in [1.165, 1.54) is 57.8 Å². The number of fused-ring (bicyclic) bond motifs is 5. The van der Waals surface area contributed by atoms with Gasteiger partial charge in [0.15, 0.2) is 0 Å². The highest BCUT2D eigenvalue weighted by atomic mass is 16.3. The van der Waals surface area contributed by atoms with E-state index in [0.717, 1.165) is 41.9 Å². The van der Waals surface area contributed by atoms with Crippen molar-refractivity contribution in [3.63, 3.8) is 0 Å². The molecule has 1 unspecified atom stereocenters. The zero-order chi connectivity index (χ0) is 21.0. The second-order valence-corrected chi connectivity index (χ2v) is 12.6. The van der Waals surface area contributed by atoms with Crippen LogP contribution in [0.3, 0.4) is 0 Å². The van der Waals surface area contributed by atoms with Crippen LogP contribution >= 0.6 is 0 Å². The lowest BCUT2D eigenvalue weighted by Gasteiger charge is -2.59. The first-order valence-electron chi connectivity index (χ1n) is 13.1. The third-order valence-electron chi connectivity index (χ3n) is 10.8. The van der Waals surface area contributed by atoms with Crippen LogP contribution in [0, 0.1) is 52.3 Å². The van der Waals surface area contributed by atoms with Gasteiger partial charge in [-0.25, -0.2) is 0 Å². The summed E-state index contributed by atoms with van der Waals surface area (Å²) in [5.41, 5.74) is 2.57. The maximum absolute atomic E-state index is 10.5. The molecule has 0 bridgehead atoms. The molecule has 0 heterocycles. The molecule has 0 aliphatic heterocycles. The Balaban J connectivity index is 1.51. The fourth-order valence-electron chi connectivity index (χ4n) is 9.08. The Labute approximate surface area is 181 Å². The topological polar surface area (TPSA) is 20.2 Å². The molecule has 0 amide bonds. The van der Waals surface area contributed by atoms with Gasteiger partial charge in [0.25, 0.3) is 0 Å². The summed E-state index contributed by atoms with van der Waals surface area (Å²) in [6.07, 6.45) is 16.1. The first kappa shape index (κ1) is 21.9. The van der Waals surface area contributed by atoms with Gasteiger partial charge in [0, 0.05) is 5.92 Å². The molecule has 0 aromatic rings. The molecule has 9 atom stereocenters. The Morgan fingerprint density at radius 1 is 1.00 bits per heavy atom. The molecule has 4 aliphatic rings. The summed E-state index contributed by atoms with van der Waals surface area (Å²) < 4.78 is 0. The summed E-state index contributed by atoms with van der Waals surface area (Å²) in [6.45, 7) is 14.9. The highest BCUT2D eigenvalue weighted by Gasteiger charge is 2.59. The average molecular weight is 401 g/mol. The van der Waals surface area contributed by atoms with E-state index in [1.54, 1.807) is 5.57 Å². The summed E-state index contributed by atoms with van der Waals surface area (Å²) in [4.78, 5) is 0. The molecular weight excluding hydrogens is 352 g/mol. The van der Waals surface area contributed by atoms with Crippen molar-refractivity contribution >= 4 is 0 Å². The fraction of sp³-hybridized carbons (Fsp3) is 0.929. The number of hydrogen-bond donors (Lipinski definition) is 1. The summed E-state index contributed by atoms with van der Waals surface area (Å²) in [5.74, 6) is 5.78.